The van der Waals surface area contributed by atoms with Crippen LogP contribution in [0, 0.1) is 11.8 Å². The van der Waals surface area contributed by atoms with Crippen molar-refractivity contribution in [2.75, 3.05) is 0 Å². The van der Waals surface area contributed by atoms with Crippen molar-refractivity contribution in [3.8, 4) is 11.8 Å². The van der Waals surface area contributed by atoms with Crippen molar-refractivity contribution >= 4 is 38.8 Å². The molecule has 192 valence electrons. The van der Waals surface area contributed by atoms with E-state index in [9.17, 15) is 0 Å². The zero-order valence-corrected chi connectivity index (χ0v) is 24.0. The van der Waals surface area contributed by atoms with Gasteiger partial charge in [0.05, 0.1) is 0 Å². The van der Waals surface area contributed by atoms with E-state index in [2.05, 4.69) is 99.9 Å². The van der Waals surface area contributed by atoms with Crippen LogP contribution in [0.4, 0.5) is 0 Å². The van der Waals surface area contributed by atoms with Crippen molar-refractivity contribution in [3.63, 3.8) is 0 Å². The van der Waals surface area contributed by atoms with Crippen LogP contribution in [-0.4, -0.2) is 5.71 Å². The van der Waals surface area contributed by atoms with Gasteiger partial charge in [-0.25, -0.2) is 4.99 Å². The molecule has 1 heterocycles. The highest BCUT2D eigenvalue weighted by Crippen LogP contribution is 2.36. The Balaban J connectivity index is 1.50. The molecule has 2 heteroatoms. The van der Waals surface area contributed by atoms with Gasteiger partial charge in [0.25, 0.3) is 0 Å². The molecule has 0 fully saturated rings. The predicted octanol–water partition coefficient (Wildman–Crippen LogP) is 10.1. The number of aryl methyl sites for hydroxylation is 2. The third kappa shape index (κ3) is 5.54. The van der Waals surface area contributed by atoms with Crippen molar-refractivity contribution in [1.82, 2.24) is 0 Å². The van der Waals surface area contributed by atoms with Crippen molar-refractivity contribution < 1.29 is 0 Å². The first kappa shape index (κ1) is 26.2. The Hall–Kier alpha value is -3.41. The van der Waals surface area contributed by atoms with Crippen LogP contribution >= 0.6 is 11.3 Å². The maximum absolute atomic E-state index is 4.77. The number of allylic oxidation sites excluding steroid dienone is 6. The molecule has 1 atom stereocenters. The molecule has 2 aromatic carbocycles. The van der Waals surface area contributed by atoms with E-state index in [1.165, 1.54) is 48.4 Å². The van der Waals surface area contributed by atoms with Crippen LogP contribution in [0.1, 0.15) is 92.0 Å². The first-order chi connectivity index (χ1) is 18.4. The van der Waals surface area contributed by atoms with Gasteiger partial charge >= 0.3 is 0 Å². The first-order valence-corrected chi connectivity index (χ1v) is 14.7. The van der Waals surface area contributed by atoms with Gasteiger partial charge in [-0.05, 0) is 105 Å². The average Bonchev–Trinajstić information content (AvgIpc) is 3.29. The van der Waals surface area contributed by atoms with Crippen LogP contribution < -0.4 is 0 Å². The minimum atomic E-state index is 0.0915. The zero-order chi connectivity index (χ0) is 26.6. The largest absolute Gasteiger partial charge is 0.245 e. The maximum Gasteiger partial charge on any atom is 0.120 e. The fourth-order valence-corrected chi connectivity index (χ4v) is 6.60. The number of fused-ring (bicyclic) bond motifs is 3. The molecule has 0 bridgehead atoms. The number of nitrogens with zero attached hydrogens (tertiary/aromatic N) is 1. The monoisotopic (exact) mass is 515 g/mol. The van der Waals surface area contributed by atoms with Crippen LogP contribution in [0.3, 0.4) is 0 Å². The van der Waals surface area contributed by atoms with E-state index < -0.39 is 0 Å². The minimum absolute atomic E-state index is 0.0915. The lowest BCUT2D eigenvalue weighted by Gasteiger charge is -2.18. The molecule has 2 aliphatic rings. The minimum Gasteiger partial charge on any atom is -0.245 e. The highest BCUT2D eigenvalue weighted by molar-refractivity contribution is 7.19. The highest BCUT2D eigenvalue weighted by Gasteiger charge is 2.15. The summed E-state index contributed by atoms with van der Waals surface area (Å²) < 4.78 is 1.34. The van der Waals surface area contributed by atoms with Crippen LogP contribution in [0.5, 0.6) is 0 Å². The van der Waals surface area contributed by atoms with Gasteiger partial charge in [0.15, 0.2) is 0 Å². The molecule has 0 saturated carbocycles. The Labute approximate surface area is 232 Å². The number of hydrogen-bond donors (Lipinski definition) is 0. The third-order valence-corrected chi connectivity index (χ3v) is 8.73. The number of thiophene rings is 1. The second kappa shape index (κ2) is 11.5. The molecule has 38 heavy (non-hydrogen) atoms. The Morgan fingerprint density at radius 3 is 2.68 bits per heavy atom. The first-order valence-electron chi connectivity index (χ1n) is 13.9. The summed E-state index contributed by atoms with van der Waals surface area (Å²) in [7, 11) is 0. The van der Waals surface area contributed by atoms with Crippen molar-refractivity contribution in [1.29, 1.82) is 0 Å². The maximum atomic E-state index is 4.77. The topological polar surface area (TPSA) is 12.4 Å². The fraction of sp³-hybridized carbons (Fsp3) is 0.306. The van der Waals surface area contributed by atoms with Gasteiger partial charge in [-0.2, -0.15) is 0 Å². The van der Waals surface area contributed by atoms with Crippen molar-refractivity contribution in [2.24, 2.45) is 4.99 Å². The molecular weight excluding hydrogens is 478 g/mol. The third-order valence-electron chi connectivity index (χ3n) is 7.48. The lowest BCUT2D eigenvalue weighted by molar-refractivity contribution is 0.909. The highest BCUT2D eigenvalue weighted by atomic mass is 32.1. The molecule has 0 radical (unpaired) electrons. The summed E-state index contributed by atoms with van der Waals surface area (Å²) in [5.41, 5.74) is 10.9. The Bertz CT molecular complexity index is 1570. The van der Waals surface area contributed by atoms with Crippen LogP contribution in [0.15, 0.2) is 77.5 Å². The van der Waals surface area contributed by atoms with E-state index >= 15 is 0 Å². The smallest absolute Gasteiger partial charge is 0.120 e. The normalized spacial score (nSPS) is 15.8. The SMILES string of the molecule is C=C(C)N=C(C#CC(C)c1ccc(CCC)c(C2=C(C)CCC=C2)c1)c1ccc2sc3c(c2c1)C=CCC3. The summed E-state index contributed by atoms with van der Waals surface area (Å²) in [5, 5.41) is 1.31. The van der Waals surface area contributed by atoms with Gasteiger partial charge in [0, 0.05) is 32.1 Å². The summed E-state index contributed by atoms with van der Waals surface area (Å²) in [6, 6.07) is 13.6. The van der Waals surface area contributed by atoms with Crippen molar-refractivity contribution in [3.05, 3.63) is 105 Å². The summed E-state index contributed by atoms with van der Waals surface area (Å²) in [5.74, 6) is 7.07. The molecule has 1 aromatic heterocycles. The van der Waals surface area contributed by atoms with Crippen LogP contribution in [0.2, 0.25) is 0 Å². The van der Waals surface area contributed by atoms with Gasteiger partial charge < -0.3 is 0 Å². The van der Waals surface area contributed by atoms with Gasteiger partial charge in [-0.1, -0.05) is 73.9 Å². The van der Waals surface area contributed by atoms with Crippen molar-refractivity contribution in [2.45, 2.75) is 72.1 Å². The number of rotatable bonds is 6. The summed E-state index contributed by atoms with van der Waals surface area (Å²) >= 11 is 1.91. The lowest BCUT2D eigenvalue weighted by Crippen LogP contribution is -2.02. The van der Waals surface area contributed by atoms with Gasteiger partial charge in [0.1, 0.15) is 5.71 Å². The number of benzene rings is 2. The number of hydrogen-bond acceptors (Lipinski definition) is 2. The molecule has 5 rings (SSSR count). The molecule has 0 aliphatic heterocycles. The molecule has 0 spiro atoms. The van der Waals surface area contributed by atoms with Crippen LogP contribution in [-0.2, 0) is 12.8 Å². The van der Waals surface area contributed by atoms with E-state index in [0.717, 1.165) is 55.5 Å². The standard InChI is InChI=1S/C36H37NS/c1-6-11-27-17-18-28(22-32(27)30-13-8-7-12-26(30)5)25(4)16-20-34(37-24(2)3)29-19-21-36-33(23-29)31-14-9-10-15-35(31)38-36/h8-9,13-14,17-19,21-23,25H,2,6-7,10-12,15H2,1,3-5H3. The quantitative estimate of drug-likeness (QED) is 0.229. The van der Waals surface area contributed by atoms with Gasteiger partial charge in [0.2, 0.25) is 0 Å². The van der Waals surface area contributed by atoms with E-state index in [4.69, 9.17) is 4.99 Å². The second-order valence-electron chi connectivity index (χ2n) is 10.6. The van der Waals surface area contributed by atoms with E-state index in [-0.39, 0.29) is 5.92 Å². The molecule has 0 saturated heterocycles. The predicted molar refractivity (Wildman–Crippen MR) is 168 cm³/mol. The summed E-state index contributed by atoms with van der Waals surface area (Å²) in [6.45, 7) is 12.7. The van der Waals surface area contributed by atoms with E-state index in [1.807, 2.05) is 18.3 Å². The van der Waals surface area contributed by atoms with E-state index in [1.54, 1.807) is 0 Å². The molecule has 0 amide bonds. The second-order valence-corrected chi connectivity index (χ2v) is 11.7. The summed E-state index contributed by atoms with van der Waals surface area (Å²) in [4.78, 5) is 6.26. The Morgan fingerprint density at radius 1 is 1.08 bits per heavy atom. The molecule has 1 nitrogen and oxygen atoms in total. The van der Waals surface area contributed by atoms with Gasteiger partial charge in [-0.15, -0.1) is 11.3 Å². The molecule has 3 aromatic rings. The van der Waals surface area contributed by atoms with Gasteiger partial charge in [-0.3, -0.25) is 0 Å². The van der Waals surface area contributed by atoms with E-state index in [0.29, 0.717) is 0 Å². The molecule has 0 N–H and O–H groups in total. The van der Waals surface area contributed by atoms with Crippen LogP contribution in [0.25, 0.3) is 21.7 Å². The molecule has 2 aliphatic carbocycles. The lowest BCUT2D eigenvalue weighted by atomic mass is 9.86. The molecule has 1 unspecified atom stereocenters. The average molecular weight is 516 g/mol. The Kier molecular flexibility index (Phi) is 7.96. The number of aliphatic imine (C=N–C) groups is 1. The molecular formula is C36H37NS. The fourth-order valence-electron chi connectivity index (χ4n) is 5.41. The zero-order valence-electron chi connectivity index (χ0n) is 23.2. The Morgan fingerprint density at radius 2 is 1.89 bits per heavy atom. The summed E-state index contributed by atoms with van der Waals surface area (Å²) in [6.07, 6.45) is 16.0.